The average molecular weight is 345 g/mol. The molecule has 1 saturated carbocycles. The van der Waals surface area contributed by atoms with Crippen LogP contribution in [0, 0.1) is 11.6 Å². The predicted octanol–water partition coefficient (Wildman–Crippen LogP) is 3.15. The van der Waals surface area contributed by atoms with Crippen molar-refractivity contribution in [2.24, 2.45) is 0 Å². The maximum Gasteiger partial charge on any atom is 0.239 e. The number of aromatic nitrogens is 2. The lowest BCUT2D eigenvalue weighted by Crippen LogP contribution is -2.41. The molecule has 1 fully saturated rings. The van der Waals surface area contributed by atoms with E-state index in [-0.39, 0.29) is 17.7 Å². The van der Waals surface area contributed by atoms with E-state index in [1.54, 1.807) is 25.1 Å². The molecule has 1 heterocycles. The SMILES string of the molecule is CN(C)C(=O)[C@]12CC[C@H](C1)c1cc(Oc3c(F)cccc3F)nnc12. The second-order valence-corrected chi connectivity index (χ2v) is 6.86. The number of ether oxygens (including phenoxy) is 1. The quantitative estimate of drug-likeness (QED) is 0.857. The van der Waals surface area contributed by atoms with Crippen LogP contribution in [0.1, 0.15) is 36.4 Å². The third-order valence-electron chi connectivity index (χ3n) is 5.15. The van der Waals surface area contributed by atoms with Gasteiger partial charge in [-0.2, -0.15) is 5.10 Å². The third kappa shape index (κ3) is 2.29. The molecule has 4 rings (SSSR count). The zero-order chi connectivity index (χ0) is 17.8. The van der Waals surface area contributed by atoms with Gasteiger partial charge in [0.25, 0.3) is 0 Å². The van der Waals surface area contributed by atoms with E-state index in [0.29, 0.717) is 12.1 Å². The summed E-state index contributed by atoms with van der Waals surface area (Å²) < 4.78 is 32.8. The molecule has 2 atom stereocenters. The van der Waals surface area contributed by atoms with Crippen LogP contribution in [0.3, 0.4) is 0 Å². The van der Waals surface area contributed by atoms with Gasteiger partial charge in [0, 0.05) is 20.2 Å². The largest absolute Gasteiger partial charge is 0.431 e. The molecule has 0 spiro atoms. The van der Waals surface area contributed by atoms with Gasteiger partial charge in [-0.15, -0.1) is 5.10 Å². The highest BCUT2D eigenvalue weighted by atomic mass is 19.1. The molecular weight excluding hydrogens is 328 g/mol. The Morgan fingerprint density at radius 2 is 2.00 bits per heavy atom. The first-order chi connectivity index (χ1) is 11.9. The van der Waals surface area contributed by atoms with Crippen molar-refractivity contribution in [1.29, 1.82) is 0 Å². The molecule has 1 aromatic heterocycles. The number of halogens is 2. The number of hydrogen-bond acceptors (Lipinski definition) is 4. The summed E-state index contributed by atoms with van der Waals surface area (Å²) in [6.07, 6.45) is 2.33. The molecule has 0 aliphatic heterocycles. The van der Waals surface area contributed by atoms with Crippen molar-refractivity contribution in [2.75, 3.05) is 14.1 Å². The van der Waals surface area contributed by atoms with Gasteiger partial charge in [0.1, 0.15) is 0 Å². The van der Waals surface area contributed by atoms with E-state index in [4.69, 9.17) is 4.74 Å². The summed E-state index contributed by atoms with van der Waals surface area (Å²) in [7, 11) is 3.46. The fourth-order valence-electron chi connectivity index (χ4n) is 4.05. The minimum atomic E-state index is -0.803. The summed E-state index contributed by atoms with van der Waals surface area (Å²) in [5, 5.41) is 8.16. The van der Waals surface area contributed by atoms with E-state index >= 15 is 0 Å². The number of likely N-dealkylation sites (N-methyl/N-ethyl adjacent to an activating group) is 1. The number of carbonyl (C=O) groups is 1. The molecule has 5 nitrogen and oxygen atoms in total. The predicted molar refractivity (Wildman–Crippen MR) is 85.4 cm³/mol. The van der Waals surface area contributed by atoms with Gasteiger partial charge in [-0.25, -0.2) is 8.78 Å². The van der Waals surface area contributed by atoms with Crippen molar-refractivity contribution < 1.29 is 18.3 Å². The normalized spacial score (nSPS) is 23.4. The van der Waals surface area contributed by atoms with Crippen LogP contribution in [-0.2, 0) is 10.2 Å². The minimum Gasteiger partial charge on any atom is -0.431 e. The van der Waals surface area contributed by atoms with E-state index in [2.05, 4.69) is 10.2 Å². The van der Waals surface area contributed by atoms with Crippen LogP contribution < -0.4 is 4.74 Å². The van der Waals surface area contributed by atoms with Gasteiger partial charge in [-0.1, -0.05) is 6.07 Å². The highest BCUT2D eigenvalue weighted by molar-refractivity contribution is 5.89. The van der Waals surface area contributed by atoms with Crippen LogP contribution in [-0.4, -0.2) is 35.1 Å². The topological polar surface area (TPSA) is 55.3 Å². The highest BCUT2D eigenvalue weighted by Crippen LogP contribution is 2.57. The zero-order valence-corrected chi connectivity index (χ0v) is 13.9. The van der Waals surface area contributed by atoms with Crippen LogP contribution in [0.4, 0.5) is 8.78 Å². The summed E-state index contributed by atoms with van der Waals surface area (Å²) >= 11 is 0. The zero-order valence-electron chi connectivity index (χ0n) is 13.9. The van der Waals surface area contributed by atoms with Crippen molar-refractivity contribution in [3.8, 4) is 11.6 Å². The number of nitrogens with zero attached hydrogens (tertiary/aromatic N) is 3. The molecule has 1 aromatic carbocycles. The highest BCUT2D eigenvalue weighted by Gasteiger charge is 2.56. The van der Waals surface area contributed by atoms with Crippen LogP contribution in [0.15, 0.2) is 24.3 Å². The van der Waals surface area contributed by atoms with Crippen molar-refractivity contribution in [1.82, 2.24) is 15.1 Å². The Labute approximate surface area is 143 Å². The van der Waals surface area contributed by atoms with Gasteiger partial charge >= 0.3 is 0 Å². The third-order valence-corrected chi connectivity index (χ3v) is 5.15. The monoisotopic (exact) mass is 345 g/mol. The van der Waals surface area contributed by atoms with Crippen LogP contribution >= 0.6 is 0 Å². The number of rotatable bonds is 3. The molecule has 1 amide bonds. The van der Waals surface area contributed by atoms with Crippen LogP contribution in [0.5, 0.6) is 11.6 Å². The summed E-state index contributed by atoms with van der Waals surface area (Å²) in [6, 6.07) is 5.15. The first-order valence-electron chi connectivity index (χ1n) is 8.14. The maximum absolute atomic E-state index is 13.8. The first-order valence-corrected chi connectivity index (χ1v) is 8.14. The number of para-hydroxylation sites is 1. The van der Waals surface area contributed by atoms with Gasteiger partial charge < -0.3 is 9.64 Å². The van der Waals surface area contributed by atoms with Crippen molar-refractivity contribution in [3.05, 3.63) is 47.2 Å². The molecule has 2 bridgehead atoms. The Hall–Kier alpha value is -2.57. The number of fused-ring (bicyclic) bond motifs is 5. The van der Waals surface area contributed by atoms with Crippen LogP contribution in [0.2, 0.25) is 0 Å². The van der Waals surface area contributed by atoms with Crippen LogP contribution in [0.25, 0.3) is 0 Å². The summed E-state index contributed by atoms with van der Waals surface area (Å²) in [6.45, 7) is 0. The van der Waals surface area contributed by atoms with E-state index in [1.807, 2.05) is 0 Å². The second-order valence-electron chi connectivity index (χ2n) is 6.86. The molecule has 25 heavy (non-hydrogen) atoms. The van der Waals surface area contributed by atoms with Crippen molar-refractivity contribution >= 4 is 5.91 Å². The first kappa shape index (κ1) is 15.9. The Bertz CT molecular complexity index is 851. The molecule has 0 unspecified atom stereocenters. The number of benzene rings is 1. The second kappa shape index (κ2) is 5.47. The van der Waals surface area contributed by atoms with E-state index in [9.17, 15) is 13.6 Å². The van der Waals surface area contributed by atoms with Crippen molar-refractivity contribution in [2.45, 2.75) is 30.6 Å². The van der Waals surface area contributed by atoms with Gasteiger partial charge in [-0.3, -0.25) is 4.79 Å². The molecule has 2 aromatic rings. The minimum absolute atomic E-state index is 0.0249. The summed E-state index contributed by atoms with van der Waals surface area (Å²) in [5.74, 6) is -1.85. The lowest BCUT2D eigenvalue weighted by atomic mass is 9.82. The molecule has 0 N–H and O–H groups in total. The lowest BCUT2D eigenvalue weighted by Gasteiger charge is -2.28. The van der Waals surface area contributed by atoms with Gasteiger partial charge in [0.2, 0.25) is 17.5 Å². The Morgan fingerprint density at radius 1 is 1.28 bits per heavy atom. The van der Waals surface area contributed by atoms with Gasteiger partial charge in [0.05, 0.1) is 11.1 Å². The average Bonchev–Trinajstić information content (AvgIpc) is 3.16. The van der Waals surface area contributed by atoms with Crippen molar-refractivity contribution in [3.63, 3.8) is 0 Å². The molecule has 130 valence electrons. The molecule has 2 aliphatic rings. The number of hydrogen-bond donors (Lipinski definition) is 0. The maximum atomic E-state index is 13.8. The molecule has 7 heteroatoms. The lowest BCUT2D eigenvalue weighted by molar-refractivity contribution is -0.134. The van der Waals surface area contributed by atoms with E-state index < -0.39 is 22.8 Å². The molecule has 2 aliphatic carbocycles. The summed E-state index contributed by atoms with van der Waals surface area (Å²) in [5.41, 5.74) is 0.935. The standard InChI is InChI=1S/C18H17F2N3O2/c1-23(2)17(24)18-7-6-10(9-18)11-8-14(21-22-16(11)18)25-15-12(19)4-3-5-13(15)20/h3-5,8,10H,6-7,9H2,1-2H3/t10-,18-/m1/s1. The van der Waals surface area contributed by atoms with E-state index in [0.717, 1.165) is 30.5 Å². The molecule has 0 radical (unpaired) electrons. The molecular formula is C18H17F2N3O2. The Kier molecular flexibility index (Phi) is 3.49. The van der Waals surface area contributed by atoms with Gasteiger partial charge in [-0.05, 0) is 42.9 Å². The smallest absolute Gasteiger partial charge is 0.239 e. The Balaban J connectivity index is 1.71. The number of amides is 1. The summed E-state index contributed by atoms with van der Waals surface area (Å²) in [4.78, 5) is 14.3. The molecule has 0 saturated heterocycles. The fraction of sp³-hybridized carbons (Fsp3) is 0.389. The van der Waals surface area contributed by atoms with Gasteiger partial charge in [0.15, 0.2) is 11.6 Å². The fourth-order valence-corrected chi connectivity index (χ4v) is 4.05. The Morgan fingerprint density at radius 3 is 2.68 bits per heavy atom. The van der Waals surface area contributed by atoms with E-state index in [1.165, 1.54) is 6.07 Å². The number of carbonyl (C=O) groups excluding carboxylic acids is 1.